The van der Waals surface area contributed by atoms with Gasteiger partial charge in [0.25, 0.3) is 0 Å². The van der Waals surface area contributed by atoms with Gasteiger partial charge in [0, 0.05) is 68.9 Å². The number of ether oxygens (including phenoxy) is 2. The van der Waals surface area contributed by atoms with Gasteiger partial charge in [0.15, 0.2) is 11.5 Å². The average molecular weight is 512 g/mol. The lowest BCUT2D eigenvalue weighted by Gasteiger charge is -2.35. The Morgan fingerprint density at radius 1 is 0.895 bits per heavy atom. The summed E-state index contributed by atoms with van der Waals surface area (Å²) in [6.45, 7) is 5.98. The van der Waals surface area contributed by atoms with Crippen LogP contribution in [0.1, 0.15) is 17.5 Å². The van der Waals surface area contributed by atoms with E-state index < -0.39 is 0 Å². The minimum Gasteiger partial charge on any atom is -0.493 e. The molecular weight excluding hydrogens is 478 g/mol. The van der Waals surface area contributed by atoms with E-state index in [1.807, 2.05) is 30.6 Å². The van der Waals surface area contributed by atoms with Gasteiger partial charge in [-0.2, -0.15) is 0 Å². The second-order valence-corrected chi connectivity index (χ2v) is 9.92. The first-order valence-corrected chi connectivity index (χ1v) is 13.3. The van der Waals surface area contributed by atoms with Crippen molar-refractivity contribution in [3.63, 3.8) is 0 Å². The van der Waals surface area contributed by atoms with Gasteiger partial charge in [0.2, 0.25) is 5.95 Å². The van der Waals surface area contributed by atoms with E-state index in [-0.39, 0.29) is 0 Å². The molecule has 0 aliphatic carbocycles. The monoisotopic (exact) mass is 511 g/mol. The summed E-state index contributed by atoms with van der Waals surface area (Å²) < 4.78 is 11.8. The summed E-state index contributed by atoms with van der Waals surface area (Å²) in [6.07, 6.45) is 7.48. The summed E-state index contributed by atoms with van der Waals surface area (Å²) in [5.74, 6) is 3.65. The maximum Gasteiger partial charge on any atom is 0.225 e. The van der Waals surface area contributed by atoms with Crippen molar-refractivity contribution in [3.8, 4) is 11.5 Å². The third kappa shape index (κ3) is 5.33. The quantitative estimate of drug-likeness (QED) is 0.383. The number of benzene rings is 2. The van der Waals surface area contributed by atoms with Crippen molar-refractivity contribution in [2.24, 2.45) is 5.92 Å². The van der Waals surface area contributed by atoms with Gasteiger partial charge < -0.3 is 24.6 Å². The van der Waals surface area contributed by atoms with E-state index in [9.17, 15) is 0 Å². The summed E-state index contributed by atoms with van der Waals surface area (Å²) in [5.41, 5.74) is 3.22. The Labute approximate surface area is 222 Å². The minimum atomic E-state index is 0.518. The highest BCUT2D eigenvalue weighted by atomic mass is 16.5. The molecule has 2 aliphatic heterocycles. The number of anilines is 2. The number of methoxy groups -OCH3 is 1. The molecule has 9 heteroatoms. The first kappa shape index (κ1) is 24.4. The Morgan fingerprint density at radius 2 is 1.68 bits per heavy atom. The van der Waals surface area contributed by atoms with Gasteiger partial charge in [-0.25, -0.2) is 19.9 Å². The molecule has 9 nitrogen and oxygen atoms in total. The van der Waals surface area contributed by atoms with Gasteiger partial charge >= 0.3 is 0 Å². The predicted octanol–water partition coefficient (Wildman–Crippen LogP) is 3.33. The fraction of sp³-hybridized carbons (Fsp3) is 0.379. The molecule has 4 heterocycles. The molecule has 0 spiro atoms. The molecule has 2 fully saturated rings. The summed E-state index contributed by atoms with van der Waals surface area (Å²) >= 11 is 0. The molecule has 6 rings (SSSR count). The van der Waals surface area contributed by atoms with Crippen molar-refractivity contribution in [2.75, 3.05) is 62.8 Å². The van der Waals surface area contributed by atoms with Crippen LogP contribution in [0.4, 0.5) is 11.8 Å². The van der Waals surface area contributed by atoms with Crippen molar-refractivity contribution >= 4 is 22.7 Å². The standard InChI is InChI=1S/C29H33N7O2/c1-37-26-15-25-24(14-27(26)38-19-22-7-8-30-16-22)28(34-20-33-25)35-9-11-36(12-10-35)29-31-17-23(18-32-29)13-21-5-3-2-4-6-21/h2-6,14-15,17-18,20,22,30H,7-13,16,19H2,1H3. The summed E-state index contributed by atoms with van der Waals surface area (Å²) in [7, 11) is 1.67. The highest BCUT2D eigenvalue weighted by molar-refractivity contribution is 5.92. The molecule has 0 radical (unpaired) electrons. The van der Waals surface area contributed by atoms with E-state index in [0.29, 0.717) is 18.3 Å². The predicted molar refractivity (Wildman–Crippen MR) is 148 cm³/mol. The van der Waals surface area contributed by atoms with Crippen LogP contribution in [0, 0.1) is 5.92 Å². The highest BCUT2D eigenvalue weighted by Gasteiger charge is 2.23. The topological polar surface area (TPSA) is 88.5 Å². The smallest absolute Gasteiger partial charge is 0.225 e. The Hall–Kier alpha value is -3.98. The number of aromatic nitrogens is 4. The van der Waals surface area contributed by atoms with Gasteiger partial charge in [-0.1, -0.05) is 30.3 Å². The third-order valence-corrected chi connectivity index (χ3v) is 7.34. The molecule has 2 aromatic heterocycles. The maximum absolute atomic E-state index is 6.22. The van der Waals surface area contributed by atoms with Crippen LogP contribution in [0.25, 0.3) is 10.9 Å². The Morgan fingerprint density at radius 3 is 2.42 bits per heavy atom. The zero-order valence-electron chi connectivity index (χ0n) is 21.7. The molecule has 38 heavy (non-hydrogen) atoms. The van der Waals surface area contributed by atoms with Gasteiger partial charge in [0.1, 0.15) is 12.1 Å². The molecule has 0 bridgehead atoms. The van der Waals surface area contributed by atoms with Crippen molar-refractivity contribution in [2.45, 2.75) is 12.8 Å². The molecule has 1 unspecified atom stereocenters. The normalized spacial score (nSPS) is 17.7. The molecule has 196 valence electrons. The Balaban J connectivity index is 1.14. The van der Waals surface area contributed by atoms with Gasteiger partial charge in [-0.05, 0) is 30.2 Å². The fourth-order valence-corrected chi connectivity index (χ4v) is 5.19. The zero-order valence-corrected chi connectivity index (χ0v) is 21.7. The summed E-state index contributed by atoms with van der Waals surface area (Å²) in [6, 6.07) is 14.4. The molecule has 2 aromatic carbocycles. The van der Waals surface area contributed by atoms with Crippen LogP contribution >= 0.6 is 0 Å². The number of nitrogens with zero attached hydrogens (tertiary/aromatic N) is 6. The lowest BCUT2D eigenvalue weighted by molar-refractivity contribution is 0.248. The van der Waals surface area contributed by atoms with Gasteiger partial charge in [-0.3, -0.25) is 0 Å². The van der Waals surface area contributed by atoms with Crippen LogP contribution < -0.4 is 24.6 Å². The number of rotatable bonds is 8. The second-order valence-electron chi connectivity index (χ2n) is 9.92. The molecule has 2 saturated heterocycles. The molecule has 2 aliphatic rings. The minimum absolute atomic E-state index is 0.518. The van der Waals surface area contributed by atoms with Crippen LogP contribution in [-0.2, 0) is 6.42 Å². The van der Waals surface area contributed by atoms with E-state index in [2.05, 4.69) is 59.3 Å². The lowest BCUT2D eigenvalue weighted by Crippen LogP contribution is -2.47. The first-order chi connectivity index (χ1) is 18.8. The van der Waals surface area contributed by atoms with E-state index in [4.69, 9.17) is 9.47 Å². The van der Waals surface area contributed by atoms with Crippen molar-refractivity contribution in [1.82, 2.24) is 25.3 Å². The zero-order chi connectivity index (χ0) is 25.7. The van der Waals surface area contributed by atoms with Crippen LogP contribution in [0.5, 0.6) is 11.5 Å². The molecule has 0 saturated carbocycles. The van der Waals surface area contributed by atoms with Crippen LogP contribution in [0.2, 0.25) is 0 Å². The highest BCUT2D eigenvalue weighted by Crippen LogP contribution is 2.35. The number of fused-ring (bicyclic) bond motifs is 1. The molecule has 1 N–H and O–H groups in total. The van der Waals surface area contributed by atoms with Crippen molar-refractivity contribution in [1.29, 1.82) is 0 Å². The van der Waals surface area contributed by atoms with E-state index in [0.717, 1.165) is 86.1 Å². The number of hydrogen-bond donors (Lipinski definition) is 1. The average Bonchev–Trinajstić information content (AvgIpc) is 3.50. The van der Waals surface area contributed by atoms with Crippen LogP contribution in [0.15, 0.2) is 61.2 Å². The van der Waals surface area contributed by atoms with Crippen LogP contribution in [-0.4, -0.2) is 72.9 Å². The molecular formula is C29H33N7O2. The van der Waals surface area contributed by atoms with E-state index in [1.54, 1.807) is 13.4 Å². The van der Waals surface area contributed by atoms with Gasteiger partial charge in [-0.15, -0.1) is 0 Å². The van der Waals surface area contributed by atoms with Crippen molar-refractivity contribution < 1.29 is 9.47 Å². The Kier molecular flexibility index (Phi) is 7.17. The summed E-state index contributed by atoms with van der Waals surface area (Å²) in [4.78, 5) is 23.1. The van der Waals surface area contributed by atoms with E-state index in [1.165, 1.54) is 5.56 Å². The molecule has 0 amide bonds. The Bertz CT molecular complexity index is 1350. The SMILES string of the molecule is COc1cc2ncnc(N3CCN(c4ncc(Cc5ccccc5)cn4)CC3)c2cc1OCC1CCNC1. The third-order valence-electron chi connectivity index (χ3n) is 7.34. The number of hydrogen-bond acceptors (Lipinski definition) is 9. The maximum atomic E-state index is 6.22. The first-order valence-electron chi connectivity index (χ1n) is 13.3. The van der Waals surface area contributed by atoms with Crippen molar-refractivity contribution in [3.05, 3.63) is 72.3 Å². The van der Waals surface area contributed by atoms with Crippen LogP contribution in [0.3, 0.4) is 0 Å². The lowest BCUT2D eigenvalue weighted by atomic mass is 10.1. The van der Waals surface area contributed by atoms with Gasteiger partial charge in [0.05, 0.1) is 19.2 Å². The fourth-order valence-electron chi connectivity index (χ4n) is 5.19. The molecule has 4 aromatic rings. The summed E-state index contributed by atoms with van der Waals surface area (Å²) in [5, 5.41) is 4.37. The number of piperazine rings is 1. The molecule has 1 atom stereocenters. The number of nitrogens with one attached hydrogen (secondary N) is 1. The largest absolute Gasteiger partial charge is 0.493 e. The second kappa shape index (κ2) is 11.2. The van der Waals surface area contributed by atoms with E-state index >= 15 is 0 Å².